The number of amides is 1. The zero-order valence-corrected chi connectivity index (χ0v) is 16.6. The number of fused-ring (bicyclic) bond motifs is 1. The van der Waals surface area contributed by atoms with Crippen LogP contribution in [-0.2, 0) is 20.3 Å². The average molecular weight is 437 g/mol. The molecule has 1 amide bonds. The lowest BCUT2D eigenvalue weighted by Crippen LogP contribution is -2.45. The second-order valence-corrected chi connectivity index (χ2v) is 8.42. The Balaban J connectivity index is 2.47. The van der Waals surface area contributed by atoms with E-state index in [1.165, 1.54) is 0 Å². The summed E-state index contributed by atoms with van der Waals surface area (Å²) in [5.74, 6) is -2.77. The van der Waals surface area contributed by atoms with Crippen molar-refractivity contribution >= 4 is 36.9 Å². The van der Waals surface area contributed by atoms with Gasteiger partial charge in [-0.1, -0.05) is 26.2 Å². The van der Waals surface area contributed by atoms with Gasteiger partial charge in [0.05, 0.1) is 23.5 Å². The van der Waals surface area contributed by atoms with E-state index in [1.807, 2.05) is 6.92 Å². The molecule has 1 aliphatic heterocycles. The standard InChI is InChI=1S/C17H23F3N3O5P/c1-2-3-4-5-6-21-12-8-14-13(7-11(12)17(18,19)20)22-15(25)9-23(14)16(10-24)29(26,27)28/h7-8,10,16,21H,2-6,9H2,1H3,(H,22,25)(H2,26,27,28). The van der Waals surface area contributed by atoms with Crippen LogP contribution in [0, 0.1) is 0 Å². The van der Waals surface area contributed by atoms with E-state index in [0.29, 0.717) is 12.5 Å². The van der Waals surface area contributed by atoms with Crippen molar-refractivity contribution < 1.29 is 37.1 Å². The molecule has 0 radical (unpaired) electrons. The number of hydrogen-bond donors (Lipinski definition) is 4. The van der Waals surface area contributed by atoms with Gasteiger partial charge in [0, 0.05) is 12.2 Å². The molecule has 8 nitrogen and oxygen atoms in total. The molecule has 0 aliphatic carbocycles. The molecule has 1 aromatic rings. The molecule has 12 heteroatoms. The summed E-state index contributed by atoms with van der Waals surface area (Å²) >= 11 is 0. The number of nitrogens with zero attached hydrogens (tertiary/aromatic N) is 1. The van der Waals surface area contributed by atoms with E-state index in [4.69, 9.17) is 0 Å². The number of rotatable bonds is 9. The summed E-state index contributed by atoms with van der Waals surface area (Å²) in [7, 11) is -4.98. The van der Waals surface area contributed by atoms with Crippen LogP contribution in [0.3, 0.4) is 0 Å². The minimum absolute atomic E-state index is 0.0152. The lowest BCUT2D eigenvalue weighted by Gasteiger charge is -2.35. The Kier molecular flexibility index (Phi) is 7.31. The summed E-state index contributed by atoms with van der Waals surface area (Å²) in [6, 6.07) is 1.76. The molecular formula is C17H23F3N3O5P. The number of aldehydes is 1. The minimum Gasteiger partial charge on any atom is -0.384 e. The first-order chi connectivity index (χ1) is 13.5. The van der Waals surface area contributed by atoms with Gasteiger partial charge >= 0.3 is 13.8 Å². The highest BCUT2D eigenvalue weighted by Gasteiger charge is 2.41. The minimum atomic E-state index is -4.98. The molecule has 162 valence electrons. The third-order valence-corrected chi connectivity index (χ3v) is 5.56. The molecule has 1 unspecified atom stereocenters. The van der Waals surface area contributed by atoms with Gasteiger partial charge in [-0.15, -0.1) is 0 Å². The van der Waals surface area contributed by atoms with Crippen LogP contribution < -0.4 is 15.5 Å². The first kappa shape index (κ1) is 23.2. The Morgan fingerprint density at radius 2 is 2.00 bits per heavy atom. The molecule has 2 rings (SSSR count). The number of carbonyl (C=O) groups is 2. The monoisotopic (exact) mass is 437 g/mol. The fourth-order valence-electron chi connectivity index (χ4n) is 3.08. The maximum absolute atomic E-state index is 13.5. The van der Waals surface area contributed by atoms with Gasteiger partial charge in [0.15, 0.2) is 12.1 Å². The quantitative estimate of drug-likeness (QED) is 0.266. The number of hydrogen-bond acceptors (Lipinski definition) is 5. The zero-order valence-electron chi connectivity index (χ0n) is 15.7. The summed E-state index contributed by atoms with van der Waals surface area (Å²) in [5, 5.41) is 4.98. The second kappa shape index (κ2) is 9.15. The van der Waals surface area contributed by atoms with Gasteiger partial charge < -0.3 is 30.1 Å². The van der Waals surface area contributed by atoms with E-state index in [9.17, 15) is 37.1 Å². The van der Waals surface area contributed by atoms with E-state index in [0.717, 1.165) is 30.2 Å². The summed E-state index contributed by atoms with van der Waals surface area (Å²) < 4.78 is 52.2. The third-order valence-electron chi connectivity index (χ3n) is 4.47. The fourth-order valence-corrected chi connectivity index (χ4v) is 3.81. The summed E-state index contributed by atoms with van der Waals surface area (Å²) in [4.78, 5) is 42.9. The number of carbonyl (C=O) groups excluding carboxylic acids is 2. The Hall–Kier alpha value is -2.10. The average Bonchev–Trinajstić information content (AvgIpc) is 2.59. The molecule has 1 aliphatic rings. The van der Waals surface area contributed by atoms with Crippen molar-refractivity contribution in [3.05, 3.63) is 17.7 Å². The molecular weight excluding hydrogens is 414 g/mol. The van der Waals surface area contributed by atoms with Gasteiger partial charge in [0.25, 0.3) is 0 Å². The van der Waals surface area contributed by atoms with E-state index in [-0.39, 0.29) is 29.9 Å². The van der Waals surface area contributed by atoms with Crippen molar-refractivity contribution in [1.82, 2.24) is 0 Å². The molecule has 29 heavy (non-hydrogen) atoms. The van der Waals surface area contributed by atoms with Crippen molar-refractivity contribution in [3.63, 3.8) is 0 Å². The van der Waals surface area contributed by atoms with E-state index in [2.05, 4.69) is 10.6 Å². The SMILES string of the molecule is CCCCCCNc1cc2c(cc1C(F)(F)F)NC(=O)CN2C(C=O)P(=O)(O)O. The Morgan fingerprint density at radius 1 is 1.31 bits per heavy atom. The first-order valence-electron chi connectivity index (χ1n) is 9.05. The smallest absolute Gasteiger partial charge is 0.384 e. The van der Waals surface area contributed by atoms with Crippen molar-refractivity contribution in [2.75, 3.05) is 28.6 Å². The van der Waals surface area contributed by atoms with Crippen molar-refractivity contribution in [2.45, 2.75) is 44.6 Å². The Bertz CT molecular complexity index is 812. The Labute approximate surface area is 165 Å². The topological polar surface area (TPSA) is 119 Å². The molecule has 0 aromatic heterocycles. The number of alkyl halides is 3. The zero-order chi connectivity index (χ0) is 21.8. The van der Waals surface area contributed by atoms with E-state index >= 15 is 0 Å². The van der Waals surface area contributed by atoms with Crippen LogP contribution >= 0.6 is 7.60 Å². The number of halogens is 3. The normalized spacial score (nSPS) is 15.5. The molecule has 1 heterocycles. The maximum Gasteiger partial charge on any atom is 0.418 e. The summed E-state index contributed by atoms with van der Waals surface area (Å²) in [6.07, 6.45) is -1.34. The van der Waals surface area contributed by atoms with Crippen LogP contribution in [0.1, 0.15) is 38.2 Å². The lowest BCUT2D eigenvalue weighted by atomic mass is 10.1. The molecule has 1 aromatic carbocycles. The molecule has 4 N–H and O–H groups in total. The van der Waals surface area contributed by atoms with Gasteiger partial charge in [-0.2, -0.15) is 13.2 Å². The maximum atomic E-state index is 13.5. The predicted octanol–water partition coefficient (Wildman–Crippen LogP) is 3.16. The highest BCUT2D eigenvalue weighted by molar-refractivity contribution is 7.53. The van der Waals surface area contributed by atoms with E-state index < -0.39 is 37.6 Å². The van der Waals surface area contributed by atoms with Gasteiger partial charge in [0.1, 0.15) is 0 Å². The second-order valence-electron chi connectivity index (χ2n) is 6.72. The molecule has 0 fully saturated rings. The largest absolute Gasteiger partial charge is 0.418 e. The number of unbranched alkanes of at least 4 members (excludes halogenated alkanes) is 3. The van der Waals surface area contributed by atoms with Crippen molar-refractivity contribution in [1.29, 1.82) is 0 Å². The van der Waals surface area contributed by atoms with Crippen molar-refractivity contribution in [3.8, 4) is 0 Å². The van der Waals surface area contributed by atoms with Crippen LogP contribution in [-0.4, -0.2) is 40.9 Å². The third kappa shape index (κ3) is 5.71. The Morgan fingerprint density at radius 3 is 2.55 bits per heavy atom. The van der Waals surface area contributed by atoms with Gasteiger partial charge in [-0.3, -0.25) is 9.36 Å². The van der Waals surface area contributed by atoms with Gasteiger partial charge in [0.2, 0.25) is 5.91 Å². The summed E-state index contributed by atoms with van der Waals surface area (Å²) in [5.41, 5.74) is -1.66. The van der Waals surface area contributed by atoms with E-state index in [1.54, 1.807) is 0 Å². The van der Waals surface area contributed by atoms with Crippen LogP contribution in [0.4, 0.5) is 30.2 Å². The molecule has 0 saturated carbocycles. The fraction of sp³-hybridized carbons (Fsp3) is 0.529. The highest BCUT2D eigenvalue weighted by Crippen LogP contribution is 2.48. The first-order valence-corrected chi connectivity index (χ1v) is 10.7. The summed E-state index contributed by atoms with van der Waals surface area (Å²) in [6.45, 7) is 1.69. The number of anilines is 3. The molecule has 1 atom stereocenters. The van der Waals surface area contributed by atoms with Crippen molar-refractivity contribution in [2.24, 2.45) is 0 Å². The van der Waals surface area contributed by atoms with Crippen LogP contribution in [0.25, 0.3) is 0 Å². The van der Waals surface area contributed by atoms with Gasteiger partial charge in [-0.05, 0) is 18.6 Å². The predicted molar refractivity (Wildman–Crippen MR) is 102 cm³/mol. The number of nitrogens with one attached hydrogen (secondary N) is 2. The lowest BCUT2D eigenvalue weighted by molar-refractivity contribution is -0.137. The van der Waals surface area contributed by atoms with Crippen LogP contribution in [0.5, 0.6) is 0 Å². The highest BCUT2D eigenvalue weighted by atomic mass is 31.2. The molecule has 0 spiro atoms. The number of benzene rings is 1. The van der Waals surface area contributed by atoms with Gasteiger partial charge in [-0.25, -0.2) is 0 Å². The molecule has 0 bridgehead atoms. The van der Waals surface area contributed by atoms with Crippen LogP contribution in [0.2, 0.25) is 0 Å². The molecule has 0 saturated heterocycles. The van der Waals surface area contributed by atoms with Crippen LogP contribution in [0.15, 0.2) is 12.1 Å².